The maximum atomic E-state index is 13.5. The smallest absolute Gasteiger partial charge is 0.380 e. The molecule has 0 aliphatic carbocycles. The molecule has 31 heavy (non-hydrogen) atoms. The minimum Gasteiger partial charge on any atom is -0.380 e. The van der Waals surface area contributed by atoms with E-state index in [1.807, 2.05) is 0 Å². The first-order chi connectivity index (χ1) is 14.2. The number of aromatic nitrogens is 4. The van der Waals surface area contributed by atoms with Gasteiger partial charge >= 0.3 is 18.3 Å². The summed E-state index contributed by atoms with van der Waals surface area (Å²) in [6, 6.07) is 2.55. The van der Waals surface area contributed by atoms with Crippen molar-refractivity contribution < 1.29 is 39.9 Å². The second-order valence-electron chi connectivity index (χ2n) is 6.47. The highest BCUT2D eigenvalue weighted by molar-refractivity contribution is 5.66. The van der Waals surface area contributed by atoms with Gasteiger partial charge in [-0.25, -0.2) is 4.98 Å². The van der Waals surface area contributed by atoms with Gasteiger partial charge in [-0.1, -0.05) is 6.07 Å². The van der Waals surface area contributed by atoms with Gasteiger partial charge in [0.15, 0.2) is 5.69 Å². The number of nitrogens with zero attached hydrogens (tertiary/aromatic N) is 4. The third-order valence-corrected chi connectivity index (χ3v) is 4.16. The van der Waals surface area contributed by atoms with E-state index < -0.39 is 47.2 Å². The van der Waals surface area contributed by atoms with Gasteiger partial charge in [0.05, 0.1) is 18.4 Å². The lowest BCUT2D eigenvalue weighted by Crippen LogP contribution is -2.40. The average molecular weight is 456 g/mol. The molecule has 0 atom stereocenters. The molecular formula is C17H12F8N4O2. The molecule has 0 radical (unpaired) electrons. The molecule has 3 aromatic heterocycles. The van der Waals surface area contributed by atoms with E-state index in [4.69, 9.17) is 4.74 Å². The van der Waals surface area contributed by atoms with Crippen LogP contribution < -0.4 is 5.56 Å². The largest absolute Gasteiger partial charge is 0.455 e. The molecule has 0 spiro atoms. The minimum atomic E-state index is -5.89. The molecule has 0 bridgehead atoms. The second-order valence-corrected chi connectivity index (χ2v) is 6.47. The Morgan fingerprint density at radius 2 is 1.71 bits per heavy atom. The fourth-order valence-corrected chi connectivity index (χ4v) is 2.77. The monoisotopic (exact) mass is 456 g/mol. The zero-order valence-electron chi connectivity index (χ0n) is 15.4. The van der Waals surface area contributed by atoms with Crippen molar-refractivity contribution in [1.82, 2.24) is 19.2 Å². The molecule has 0 aliphatic rings. The molecule has 0 fully saturated rings. The summed E-state index contributed by atoms with van der Waals surface area (Å²) in [7, 11) is 1.36. The van der Waals surface area contributed by atoms with E-state index >= 15 is 0 Å². The molecular weight excluding hydrogens is 444 g/mol. The van der Waals surface area contributed by atoms with E-state index in [0.29, 0.717) is 18.0 Å². The van der Waals surface area contributed by atoms with Gasteiger partial charge in [0.1, 0.15) is 12.2 Å². The lowest BCUT2D eigenvalue weighted by atomic mass is 10.1. The molecule has 168 valence electrons. The number of ether oxygens (including phenoxy) is 1. The van der Waals surface area contributed by atoms with Gasteiger partial charge in [0, 0.05) is 25.1 Å². The first-order valence-electron chi connectivity index (χ1n) is 8.33. The molecule has 3 heterocycles. The van der Waals surface area contributed by atoms with Gasteiger partial charge in [-0.05, 0) is 11.6 Å². The Morgan fingerprint density at radius 1 is 1.03 bits per heavy atom. The first-order valence-corrected chi connectivity index (χ1v) is 8.33. The molecule has 0 aromatic carbocycles. The summed E-state index contributed by atoms with van der Waals surface area (Å²) in [6.45, 7) is -1.94. The number of pyridine rings is 1. The molecule has 3 rings (SSSR count). The number of rotatable bonds is 5. The van der Waals surface area contributed by atoms with Crippen LogP contribution in [0.25, 0.3) is 16.8 Å². The van der Waals surface area contributed by atoms with Crippen molar-refractivity contribution in [2.24, 2.45) is 0 Å². The molecule has 0 aliphatic heterocycles. The van der Waals surface area contributed by atoms with Crippen LogP contribution in [0.2, 0.25) is 0 Å². The van der Waals surface area contributed by atoms with Gasteiger partial charge in [0.25, 0.3) is 5.56 Å². The average Bonchev–Trinajstić information content (AvgIpc) is 3.07. The van der Waals surface area contributed by atoms with Crippen LogP contribution in [0, 0.1) is 0 Å². The maximum absolute atomic E-state index is 13.5. The number of fused-ring (bicyclic) bond motifs is 1. The zero-order valence-corrected chi connectivity index (χ0v) is 15.4. The van der Waals surface area contributed by atoms with E-state index in [-0.39, 0.29) is 16.9 Å². The zero-order chi connectivity index (χ0) is 23.2. The van der Waals surface area contributed by atoms with E-state index in [1.165, 1.54) is 19.4 Å². The Balaban J connectivity index is 2.18. The van der Waals surface area contributed by atoms with E-state index in [0.717, 1.165) is 10.5 Å². The van der Waals surface area contributed by atoms with Crippen molar-refractivity contribution in [2.75, 3.05) is 7.11 Å². The summed E-state index contributed by atoms with van der Waals surface area (Å²) < 4.78 is 110. The van der Waals surface area contributed by atoms with Crippen molar-refractivity contribution in [3.63, 3.8) is 0 Å². The standard InChI is InChI=1S/C17H12F8N4O2/c1-31-7-9-2-3-11-27-13(16(20,21)22)12(14(30)29(11)5-9)10-4-26-28(6-10)8-15(18,19)17(23,24)25/h2-6H,7-8H2,1H3. The highest BCUT2D eigenvalue weighted by atomic mass is 19.4. The molecule has 3 aromatic rings. The number of hydrogen-bond donors (Lipinski definition) is 0. The summed E-state index contributed by atoms with van der Waals surface area (Å²) in [5.74, 6) is -5.19. The summed E-state index contributed by atoms with van der Waals surface area (Å²) in [5, 5.41) is 3.26. The molecule has 0 saturated heterocycles. The maximum Gasteiger partial charge on any atom is 0.455 e. The highest BCUT2D eigenvalue weighted by Crippen LogP contribution is 2.37. The lowest BCUT2D eigenvalue weighted by molar-refractivity contribution is -0.287. The SMILES string of the molecule is COCc1ccc2nc(C(F)(F)F)c(-c3cnn(CC(F)(F)C(F)(F)F)c3)c(=O)n2c1. The Labute approximate surface area is 167 Å². The molecule has 0 unspecified atom stereocenters. The first kappa shape index (κ1) is 22.7. The quantitative estimate of drug-likeness (QED) is 0.547. The third-order valence-electron chi connectivity index (χ3n) is 4.16. The van der Waals surface area contributed by atoms with Crippen LogP contribution in [-0.2, 0) is 24.1 Å². The van der Waals surface area contributed by atoms with Crippen LogP contribution in [0.15, 0.2) is 35.5 Å². The van der Waals surface area contributed by atoms with Gasteiger partial charge < -0.3 is 4.74 Å². The number of hydrogen-bond acceptors (Lipinski definition) is 4. The molecule has 0 amide bonds. The molecule has 0 saturated carbocycles. The van der Waals surface area contributed by atoms with Crippen molar-refractivity contribution in [3.05, 3.63) is 52.3 Å². The lowest BCUT2D eigenvalue weighted by Gasteiger charge is -2.19. The minimum absolute atomic E-state index is 0.0309. The Hall–Kier alpha value is -3.03. The Morgan fingerprint density at radius 3 is 2.29 bits per heavy atom. The number of methoxy groups -OCH3 is 1. The number of halogens is 8. The van der Waals surface area contributed by atoms with Gasteiger partial charge in [-0.2, -0.15) is 40.2 Å². The predicted molar refractivity (Wildman–Crippen MR) is 89.4 cm³/mol. The van der Waals surface area contributed by atoms with Crippen LogP contribution in [0.4, 0.5) is 35.1 Å². The van der Waals surface area contributed by atoms with Gasteiger partial charge in [-0.15, -0.1) is 0 Å². The fraction of sp³-hybridized carbons (Fsp3) is 0.353. The normalized spacial score (nSPS) is 13.2. The fourth-order valence-electron chi connectivity index (χ4n) is 2.77. The van der Waals surface area contributed by atoms with Gasteiger partial charge in [0.2, 0.25) is 0 Å². The summed E-state index contributed by atoms with van der Waals surface area (Å²) >= 11 is 0. The summed E-state index contributed by atoms with van der Waals surface area (Å²) in [5.41, 5.74) is -4.42. The predicted octanol–water partition coefficient (Wildman–Crippen LogP) is 3.92. The van der Waals surface area contributed by atoms with Crippen molar-refractivity contribution in [2.45, 2.75) is 31.4 Å². The van der Waals surface area contributed by atoms with Crippen molar-refractivity contribution >= 4 is 5.65 Å². The molecule has 14 heteroatoms. The Bertz CT molecular complexity index is 1160. The topological polar surface area (TPSA) is 61.4 Å². The summed E-state index contributed by atoms with van der Waals surface area (Å²) in [6.07, 6.45) is -8.74. The van der Waals surface area contributed by atoms with Crippen LogP contribution >= 0.6 is 0 Å². The molecule has 0 N–H and O–H groups in total. The molecule has 6 nitrogen and oxygen atoms in total. The van der Waals surface area contributed by atoms with Crippen molar-refractivity contribution in [3.8, 4) is 11.1 Å². The summed E-state index contributed by atoms with van der Waals surface area (Å²) in [4.78, 5) is 16.3. The van der Waals surface area contributed by atoms with Crippen LogP contribution in [-0.4, -0.2) is 38.4 Å². The van der Waals surface area contributed by atoms with E-state index in [9.17, 15) is 39.9 Å². The van der Waals surface area contributed by atoms with Crippen molar-refractivity contribution in [1.29, 1.82) is 0 Å². The van der Waals surface area contributed by atoms with E-state index in [2.05, 4.69) is 10.1 Å². The third kappa shape index (κ3) is 4.38. The van der Waals surface area contributed by atoms with Crippen LogP contribution in [0.5, 0.6) is 0 Å². The van der Waals surface area contributed by atoms with Crippen LogP contribution in [0.1, 0.15) is 11.3 Å². The highest BCUT2D eigenvalue weighted by Gasteiger charge is 2.57. The van der Waals surface area contributed by atoms with E-state index in [1.54, 1.807) is 0 Å². The van der Waals surface area contributed by atoms with Crippen LogP contribution in [0.3, 0.4) is 0 Å². The second kappa shape index (κ2) is 7.59. The number of alkyl halides is 8. The van der Waals surface area contributed by atoms with Gasteiger partial charge in [-0.3, -0.25) is 13.9 Å². The Kier molecular flexibility index (Phi) is 5.54.